The van der Waals surface area contributed by atoms with Gasteiger partial charge in [-0.3, -0.25) is 9.59 Å². The Hall–Kier alpha value is -3.00. The van der Waals surface area contributed by atoms with Crippen molar-refractivity contribution in [3.05, 3.63) is 79.6 Å². The zero-order valence-electron chi connectivity index (χ0n) is 20.1. The molecule has 2 amide bonds. The van der Waals surface area contributed by atoms with Crippen LogP contribution >= 0.6 is 43.5 Å². The van der Waals surface area contributed by atoms with Crippen molar-refractivity contribution in [3.63, 3.8) is 0 Å². The van der Waals surface area contributed by atoms with Crippen LogP contribution in [0.2, 0.25) is 5.02 Å². The van der Waals surface area contributed by atoms with Crippen molar-refractivity contribution >= 4 is 71.7 Å². The van der Waals surface area contributed by atoms with Crippen molar-refractivity contribution in [3.8, 4) is 5.82 Å². The molecule has 0 aliphatic carbocycles. The summed E-state index contributed by atoms with van der Waals surface area (Å²) in [5.74, 6) is -1.67. The minimum Gasteiger partial charge on any atom is -0.380 e. The molecular weight excluding hydrogens is 671 g/mol. The van der Waals surface area contributed by atoms with Crippen LogP contribution in [-0.2, 0) is 10.9 Å². The van der Waals surface area contributed by atoms with Gasteiger partial charge in [-0.1, -0.05) is 33.6 Å². The van der Waals surface area contributed by atoms with Crippen LogP contribution in [0.4, 0.5) is 18.9 Å². The summed E-state index contributed by atoms with van der Waals surface area (Å²) in [4.78, 5) is 30.6. The molecule has 0 atom stereocenters. The van der Waals surface area contributed by atoms with Gasteiger partial charge in [0.1, 0.15) is 5.69 Å². The van der Waals surface area contributed by atoms with Gasteiger partial charge in [0.25, 0.3) is 11.8 Å². The average Bonchev–Trinajstić information content (AvgIpc) is 3.34. The number of anilines is 1. The first-order valence-corrected chi connectivity index (χ1v) is 13.3. The molecule has 14 heteroatoms. The molecule has 4 aromatic rings. The van der Waals surface area contributed by atoms with E-state index in [1.165, 1.54) is 18.3 Å². The number of pyridine rings is 1. The number of hydrogen-bond donors (Lipinski definition) is 2. The second-order valence-electron chi connectivity index (χ2n) is 8.02. The molecule has 2 heterocycles. The van der Waals surface area contributed by atoms with Gasteiger partial charge in [0.05, 0.1) is 22.9 Å². The lowest BCUT2D eigenvalue weighted by Crippen LogP contribution is -2.29. The number of fused-ring (bicyclic) bond motifs is 1. The molecule has 0 aliphatic heterocycles. The van der Waals surface area contributed by atoms with Gasteiger partial charge >= 0.3 is 6.18 Å². The number of hydrogen-bond acceptors (Lipinski definition) is 5. The number of nitrogens with one attached hydrogen (secondary N) is 2. The molecule has 0 saturated heterocycles. The fourth-order valence-electron chi connectivity index (χ4n) is 3.66. The van der Waals surface area contributed by atoms with E-state index in [1.807, 2.05) is 6.92 Å². The number of halogens is 6. The highest BCUT2D eigenvalue weighted by atomic mass is 79.9. The van der Waals surface area contributed by atoms with Gasteiger partial charge in [0.15, 0.2) is 11.5 Å². The normalized spacial score (nSPS) is 11.6. The van der Waals surface area contributed by atoms with Crippen molar-refractivity contribution in [1.29, 1.82) is 0 Å². The summed E-state index contributed by atoms with van der Waals surface area (Å²) in [5, 5.41) is 10.2. The molecule has 0 radical (unpaired) electrons. The Labute approximate surface area is 242 Å². The molecule has 0 bridgehead atoms. The van der Waals surface area contributed by atoms with Gasteiger partial charge in [0.2, 0.25) is 0 Å². The third kappa shape index (κ3) is 6.43. The number of benzene rings is 2. The Morgan fingerprint density at radius 1 is 1.13 bits per heavy atom. The maximum Gasteiger partial charge on any atom is 0.435 e. The van der Waals surface area contributed by atoms with E-state index in [0.29, 0.717) is 32.6 Å². The molecule has 0 spiro atoms. The van der Waals surface area contributed by atoms with Crippen LogP contribution in [0.25, 0.3) is 16.6 Å². The SMILES string of the molecule is CCOCCNC(=O)c1cc2cc(Br)ccc2c(Br)c1NC(=O)c1cc(C(F)(F)F)nn1-c1ncccc1Cl. The monoisotopic (exact) mass is 687 g/mol. The van der Waals surface area contributed by atoms with Crippen LogP contribution in [0.3, 0.4) is 0 Å². The van der Waals surface area contributed by atoms with Crippen LogP contribution in [0.15, 0.2) is 57.6 Å². The lowest BCUT2D eigenvalue weighted by molar-refractivity contribution is -0.141. The van der Waals surface area contributed by atoms with Crippen LogP contribution in [-0.4, -0.2) is 46.3 Å². The number of carbonyl (C=O) groups is 2. The Morgan fingerprint density at radius 3 is 2.59 bits per heavy atom. The van der Waals surface area contributed by atoms with E-state index in [-0.39, 0.29) is 35.2 Å². The number of alkyl halides is 3. The maximum atomic E-state index is 13.6. The Bertz CT molecular complexity index is 1560. The van der Waals surface area contributed by atoms with Crippen molar-refractivity contribution in [2.75, 3.05) is 25.1 Å². The van der Waals surface area contributed by atoms with Gasteiger partial charge < -0.3 is 15.4 Å². The van der Waals surface area contributed by atoms with E-state index in [4.69, 9.17) is 16.3 Å². The third-order valence-electron chi connectivity index (χ3n) is 5.43. The molecule has 4 rings (SSSR count). The summed E-state index contributed by atoms with van der Waals surface area (Å²) >= 11 is 13.0. The highest BCUT2D eigenvalue weighted by Crippen LogP contribution is 2.37. The number of ether oxygens (including phenoxy) is 1. The summed E-state index contributed by atoms with van der Waals surface area (Å²) < 4.78 is 47.8. The molecule has 204 valence electrons. The fraction of sp³-hybridized carbons (Fsp3) is 0.200. The minimum atomic E-state index is -4.84. The molecular formula is C25H19Br2ClF3N5O3. The second kappa shape index (κ2) is 12.0. The van der Waals surface area contributed by atoms with Gasteiger partial charge in [-0.2, -0.15) is 18.3 Å². The summed E-state index contributed by atoms with van der Waals surface area (Å²) in [5.41, 5.74) is -1.67. The lowest BCUT2D eigenvalue weighted by atomic mass is 10.0. The summed E-state index contributed by atoms with van der Waals surface area (Å²) in [7, 11) is 0. The van der Waals surface area contributed by atoms with Crippen molar-refractivity contribution < 1.29 is 27.5 Å². The summed E-state index contributed by atoms with van der Waals surface area (Å²) in [6.07, 6.45) is -3.54. The fourth-order valence-corrected chi connectivity index (χ4v) is 4.92. The lowest BCUT2D eigenvalue weighted by Gasteiger charge is -2.16. The van der Waals surface area contributed by atoms with E-state index >= 15 is 0 Å². The molecule has 0 aliphatic rings. The van der Waals surface area contributed by atoms with Crippen molar-refractivity contribution in [2.24, 2.45) is 0 Å². The molecule has 0 unspecified atom stereocenters. The molecule has 0 fully saturated rings. The van der Waals surface area contributed by atoms with E-state index in [1.54, 1.807) is 24.3 Å². The van der Waals surface area contributed by atoms with Gasteiger partial charge in [-0.15, -0.1) is 0 Å². The van der Waals surface area contributed by atoms with Gasteiger partial charge in [0, 0.05) is 34.4 Å². The molecule has 2 aromatic carbocycles. The summed E-state index contributed by atoms with van der Waals surface area (Å²) in [6.45, 7) is 2.77. The predicted octanol–water partition coefficient (Wildman–Crippen LogP) is 6.64. The zero-order chi connectivity index (χ0) is 28.3. The van der Waals surface area contributed by atoms with E-state index in [9.17, 15) is 22.8 Å². The van der Waals surface area contributed by atoms with Gasteiger partial charge in [-0.05, 0) is 64.0 Å². The van der Waals surface area contributed by atoms with Crippen molar-refractivity contribution in [2.45, 2.75) is 13.1 Å². The van der Waals surface area contributed by atoms with Crippen LogP contribution < -0.4 is 10.6 Å². The molecule has 2 aromatic heterocycles. The number of carbonyl (C=O) groups excluding carboxylic acids is 2. The van der Waals surface area contributed by atoms with E-state index in [2.05, 4.69) is 52.6 Å². The highest BCUT2D eigenvalue weighted by Gasteiger charge is 2.37. The second-order valence-corrected chi connectivity index (χ2v) is 10.1. The van der Waals surface area contributed by atoms with E-state index in [0.717, 1.165) is 4.47 Å². The maximum absolute atomic E-state index is 13.6. The number of rotatable bonds is 8. The molecule has 8 nitrogen and oxygen atoms in total. The number of amides is 2. The first-order valence-electron chi connectivity index (χ1n) is 11.4. The van der Waals surface area contributed by atoms with Crippen molar-refractivity contribution in [1.82, 2.24) is 20.1 Å². The Morgan fingerprint density at radius 2 is 1.90 bits per heavy atom. The molecule has 2 N–H and O–H groups in total. The predicted molar refractivity (Wildman–Crippen MR) is 147 cm³/mol. The molecule has 0 saturated carbocycles. The molecule has 39 heavy (non-hydrogen) atoms. The standard InChI is InChI=1S/C25H19Br2ClF3N5O3/c1-2-39-9-8-33-23(37)16-11-13-10-14(26)5-6-15(13)20(27)21(16)34-24(38)18-12-19(25(29,30)31)35-36(18)22-17(28)4-3-7-32-22/h3-7,10-12H,2,8-9H2,1H3,(H,33,37)(H,34,38). The highest BCUT2D eigenvalue weighted by molar-refractivity contribution is 9.11. The smallest absolute Gasteiger partial charge is 0.380 e. The Balaban J connectivity index is 1.81. The van der Waals surface area contributed by atoms with E-state index < -0.39 is 29.4 Å². The zero-order valence-corrected chi connectivity index (χ0v) is 24.0. The summed E-state index contributed by atoms with van der Waals surface area (Å²) in [6, 6.07) is 10.4. The number of aromatic nitrogens is 3. The number of nitrogens with zero attached hydrogens (tertiary/aromatic N) is 3. The minimum absolute atomic E-state index is 0.0183. The van der Waals surface area contributed by atoms with Crippen LogP contribution in [0.1, 0.15) is 33.5 Å². The first kappa shape index (κ1) is 29.0. The topological polar surface area (TPSA) is 98.1 Å². The Kier molecular flexibility index (Phi) is 8.94. The van der Waals surface area contributed by atoms with Crippen LogP contribution in [0, 0.1) is 0 Å². The average molecular weight is 690 g/mol. The largest absolute Gasteiger partial charge is 0.435 e. The quantitative estimate of drug-likeness (QED) is 0.202. The first-order chi connectivity index (χ1) is 18.5. The third-order valence-corrected chi connectivity index (χ3v) is 7.04. The van der Waals surface area contributed by atoms with Crippen LogP contribution in [0.5, 0.6) is 0 Å². The van der Waals surface area contributed by atoms with Gasteiger partial charge in [-0.25, -0.2) is 9.67 Å².